The Hall–Kier alpha value is -2.87. The molecule has 0 saturated carbocycles. The summed E-state index contributed by atoms with van der Waals surface area (Å²) in [6.07, 6.45) is 2.66. The summed E-state index contributed by atoms with van der Waals surface area (Å²) >= 11 is 0. The van der Waals surface area contributed by atoms with E-state index in [2.05, 4.69) is 36.7 Å². The van der Waals surface area contributed by atoms with Crippen LogP contribution < -0.4 is 5.32 Å². The van der Waals surface area contributed by atoms with Gasteiger partial charge in [0.05, 0.1) is 0 Å². The third-order valence-electron chi connectivity index (χ3n) is 5.24. The van der Waals surface area contributed by atoms with Gasteiger partial charge >= 0.3 is 0 Å². The second kappa shape index (κ2) is 6.21. The van der Waals surface area contributed by atoms with Crippen LogP contribution in [-0.4, -0.2) is 5.91 Å². The molecule has 1 amide bonds. The van der Waals surface area contributed by atoms with Gasteiger partial charge in [0.2, 0.25) is 0 Å². The molecule has 0 spiro atoms. The Balaban J connectivity index is 1.94. The van der Waals surface area contributed by atoms with Gasteiger partial charge in [-0.3, -0.25) is 4.79 Å². The third kappa shape index (κ3) is 2.74. The number of amides is 1. The molecule has 1 atom stereocenters. The van der Waals surface area contributed by atoms with Gasteiger partial charge in [-0.1, -0.05) is 61.7 Å². The SMILES string of the molecule is C=C1CCC2Cc3ccccc3NC(=O)C2=C(c2ccccc2)C1=C. The van der Waals surface area contributed by atoms with Crippen LogP contribution in [0, 0.1) is 5.92 Å². The zero-order chi connectivity index (χ0) is 17.4. The molecule has 0 radical (unpaired) electrons. The zero-order valence-corrected chi connectivity index (χ0v) is 14.2. The van der Waals surface area contributed by atoms with Crippen molar-refractivity contribution in [1.29, 1.82) is 0 Å². The zero-order valence-electron chi connectivity index (χ0n) is 14.2. The van der Waals surface area contributed by atoms with Crippen LogP contribution in [0.5, 0.6) is 0 Å². The van der Waals surface area contributed by atoms with Gasteiger partial charge in [-0.2, -0.15) is 0 Å². The summed E-state index contributed by atoms with van der Waals surface area (Å²) < 4.78 is 0. The number of carbonyl (C=O) groups excluding carboxylic acids is 1. The molecule has 0 aromatic heterocycles. The Bertz CT molecular complexity index is 905. The molecule has 4 rings (SSSR count). The Morgan fingerprint density at radius 2 is 1.68 bits per heavy atom. The number of hydrogen-bond acceptors (Lipinski definition) is 1. The largest absolute Gasteiger partial charge is 0.322 e. The van der Waals surface area contributed by atoms with Crippen LogP contribution in [0.2, 0.25) is 0 Å². The van der Waals surface area contributed by atoms with E-state index in [4.69, 9.17) is 0 Å². The summed E-state index contributed by atoms with van der Waals surface area (Å²) in [4.78, 5) is 13.2. The van der Waals surface area contributed by atoms with Crippen molar-refractivity contribution in [3.8, 4) is 0 Å². The maximum atomic E-state index is 13.2. The fraction of sp³-hybridized carbons (Fsp3) is 0.174. The first-order chi connectivity index (χ1) is 12.1. The van der Waals surface area contributed by atoms with Gasteiger partial charge in [0.15, 0.2) is 0 Å². The van der Waals surface area contributed by atoms with Crippen LogP contribution in [0.3, 0.4) is 0 Å². The number of carbonyl (C=O) groups is 1. The minimum atomic E-state index is -0.00958. The number of allylic oxidation sites excluding steroid dienone is 3. The monoisotopic (exact) mass is 327 g/mol. The summed E-state index contributed by atoms with van der Waals surface area (Å²) in [5.41, 5.74) is 6.89. The van der Waals surface area contributed by atoms with Crippen LogP contribution in [0.1, 0.15) is 24.0 Å². The quantitative estimate of drug-likeness (QED) is 0.770. The van der Waals surface area contributed by atoms with Crippen LogP contribution in [0.4, 0.5) is 5.69 Å². The maximum Gasteiger partial charge on any atom is 0.252 e. The van der Waals surface area contributed by atoms with E-state index in [-0.39, 0.29) is 11.8 Å². The molecule has 1 N–H and O–H groups in total. The van der Waals surface area contributed by atoms with E-state index in [0.717, 1.165) is 52.8 Å². The van der Waals surface area contributed by atoms with E-state index >= 15 is 0 Å². The van der Waals surface area contributed by atoms with Crippen molar-refractivity contribution in [1.82, 2.24) is 0 Å². The van der Waals surface area contributed by atoms with Crippen molar-refractivity contribution in [3.63, 3.8) is 0 Å². The number of para-hydroxylation sites is 1. The Labute approximate surface area is 148 Å². The number of hydrogen-bond donors (Lipinski definition) is 1. The van der Waals surface area contributed by atoms with E-state index in [0.29, 0.717) is 0 Å². The normalized spacial score (nSPS) is 20.3. The second-order valence-electron chi connectivity index (χ2n) is 6.79. The molecule has 2 heteroatoms. The molecular weight excluding hydrogens is 306 g/mol. The lowest BCUT2D eigenvalue weighted by molar-refractivity contribution is -0.113. The van der Waals surface area contributed by atoms with E-state index in [9.17, 15) is 4.79 Å². The van der Waals surface area contributed by atoms with Crippen molar-refractivity contribution >= 4 is 17.2 Å². The summed E-state index contributed by atoms with van der Waals surface area (Å²) in [6.45, 7) is 8.50. The standard InChI is InChI=1S/C23H21NO/c1-15-12-13-19-14-18-10-6-7-11-20(18)24-23(25)22(19)21(16(15)2)17-8-4-3-5-9-17/h3-11,19H,1-2,12-14H2,(H,24,25). The Morgan fingerprint density at radius 3 is 2.48 bits per heavy atom. The molecule has 0 fully saturated rings. The van der Waals surface area contributed by atoms with Crippen molar-refractivity contribution in [2.24, 2.45) is 5.92 Å². The maximum absolute atomic E-state index is 13.2. The molecule has 1 heterocycles. The summed E-state index contributed by atoms with van der Waals surface area (Å²) in [5, 5.41) is 3.12. The van der Waals surface area contributed by atoms with Gasteiger partial charge in [0, 0.05) is 11.3 Å². The average Bonchev–Trinajstić information content (AvgIpc) is 2.84. The molecule has 0 bridgehead atoms. The Kier molecular flexibility index (Phi) is 3.89. The summed E-state index contributed by atoms with van der Waals surface area (Å²) in [7, 11) is 0. The van der Waals surface area contributed by atoms with E-state index in [1.54, 1.807) is 0 Å². The van der Waals surface area contributed by atoms with Gasteiger partial charge in [0.25, 0.3) is 5.91 Å². The molecule has 1 unspecified atom stereocenters. The minimum Gasteiger partial charge on any atom is -0.322 e. The number of benzene rings is 2. The molecular formula is C23H21NO. The molecule has 0 saturated heterocycles. The highest BCUT2D eigenvalue weighted by Gasteiger charge is 2.33. The smallest absolute Gasteiger partial charge is 0.252 e. The highest BCUT2D eigenvalue weighted by atomic mass is 16.1. The fourth-order valence-corrected chi connectivity index (χ4v) is 3.90. The lowest BCUT2D eigenvalue weighted by atomic mass is 9.84. The van der Waals surface area contributed by atoms with Gasteiger partial charge in [-0.15, -0.1) is 0 Å². The van der Waals surface area contributed by atoms with Crippen molar-refractivity contribution in [2.45, 2.75) is 19.3 Å². The molecule has 2 aliphatic rings. The molecule has 124 valence electrons. The van der Waals surface area contributed by atoms with Crippen molar-refractivity contribution < 1.29 is 4.79 Å². The Morgan fingerprint density at radius 1 is 0.960 bits per heavy atom. The average molecular weight is 327 g/mol. The lowest BCUT2D eigenvalue weighted by Crippen LogP contribution is -2.19. The first kappa shape index (κ1) is 15.6. The molecule has 25 heavy (non-hydrogen) atoms. The second-order valence-corrected chi connectivity index (χ2v) is 6.79. The topological polar surface area (TPSA) is 29.1 Å². The number of fused-ring (bicyclic) bond motifs is 2. The predicted octanol–water partition coefficient (Wildman–Crippen LogP) is 5.16. The van der Waals surface area contributed by atoms with Crippen molar-refractivity contribution in [2.75, 3.05) is 5.32 Å². The van der Waals surface area contributed by atoms with Crippen LogP contribution in [-0.2, 0) is 11.2 Å². The first-order valence-corrected chi connectivity index (χ1v) is 8.71. The third-order valence-corrected chi connectivity index (χ3v) is 5.24. The van der Waals surface area contributed by atoms with E-state index < -0.39 is 0 Å². The summed E-state index contributed by atoms with van der Waals surface area (Å²) in [6, 6.07) is 18.2. The molecule has 2 nitrogen and oxygen atoms in total. The van der Waals surface area contributed by atoms with E-state index in [1.165, 1.54) is 5.56 Å². The number of nitrogens with one attached hydrogen (secondary N) is 1. The van der Waals surface area contributed by atoms with Crippen LogP contribution in [0.25, 0.3) is 5.57 Å². The van der Waals surface area contributed by atoms with Gasteiger partial charge in [-0.25, -0.2) is 0 Å². The van der Waals surface area contributed by atoms with Gasteiger partial charge < -0.3 is 5.32 Å². The lowest BCUT2D eigenvalue weighted by Gasteiger charge is -2.18. The van der Waals surface area contributed by atoms with E-state index in [1.807, 2.05) is 36.4 Å². The van der Waals surface area contributed by atoms with Crippen molar-refractivity contribution in [3.05, 3.63) is 95.6 Å². The first-order valence-electron chi connectivity index (χ1n) is 8.71. The fourth-order valence-electron chi connectivity index (χ4n) is 3.90. The molecule has 2 aromatic rings. The molecule has 1 aliphatic carbocycles. The highest BCUT2D eigenvalue weighted by Crippen LogP contribution is 2.43. The molecule has 1 aliphatic heterocycles. The predicted molar refractivity (Wildman–Crippen MR) is 103 cm³/mol. The minimum absolute atomic E-state index is 0.00958. The highest BCUT2D eigenvalue weighted by molar-refractivity contribution is 6.13. The molecule has 2 aromatic carbocycles. The number of rotatable bonds is 1. The van der Waals surface area contributed by atoms with Gasteiger partial charge in [0.1, 0.15) is 0 Å². The summed E-state index contributed by atoms with van der Waals surface area (Å²) in [5.74, 6) is 0.166. The van der Waals surface area contributed by atoms with Gasteiger partial charge in [-0.05, 0) is 59.1 Å². The van der Waals surface area contributed by atoms with Crippen LogP contribution in [0.15, 0.2) is 84.5 Å². The number of anilines is 1. The van der Waals surface area contributed by atoms with Crippen LogP contribution >= 0.6 is 0 Å².